The second kappa shape index (κ2) is 6.35. The summed E-state index contributed by atoms with van der Waals surface area (Å²) in [6, 6.07) is 3.95. The molecule has 0 aliphatic heterocycles. The van der Waals surface area contributed by atoms with Gasteiger partial charge >= 0.3 is 0 Å². The second-order valence-electron chi connectivity index (χ2n) is 4.52. The van der Waals surface area contributed by atoms with E-state index in [1.807, 2.05) is 30.7 Å². The van der Waals surface area contributed by atoms with E-state index in [-0.39, 0.29) is 24.6 Å². The van der Waals surface area contributed by atoms with Crippen LogP contribution in [0, 0.1) is 11.3 Å². The van der Waals surface area contributed by atoms with Crippen LogP contribution >= 0.6 is 35.1 Å². The molecule has 2 aromatic heterocycles. The predicted molar refractivity (Wildman–Crippen MR) is 82.2 cm³/mol. The van der Waals surface area contributed by atoms with Crippen molar-refractivity contribution in [2.75, 3.05) is 11.9 Å². The molecule has 2 aromatic rings. The van der Waals surface area contributed by atoms with Crippen molar-refractivity contribution in [1.82, 2.24) is 4.98 Å². The lowest BCUT2D eigenvalue weighted by Crippen LogP contribution is -2.34. The highest BCUT2D eigenvalue weighted by Crippen LogP contribution is 2.29. The van der Waals surface area contributed by atoms with E-state index in [9.17, 15) is 5.11 Å². The van der Waals surface area contributed by atoms with Crippen LogP contribution in [-0.2, 0) is 0 Å². The number of halogens is 1. The summed E-state index contributed by atoms with van der Waals surface area (Å²) in [6.45, 7) is 3.86. The number of aromatic nitrogens is 1. The van der Waals surface area contributed by atoms with Crippen molar-refractivity contribution in [3.05, 3.63) is 21.7 Å². The maximum atomic E-state index is 9.19. The number of anilines is 1. The molecule has 0 atom stereocenters. The third-order valence-corrected chi connectivity index (χ3v) is 3.94. The first-order valence-electron chi connectivity index (χ1n) is 5.37. The number of hydrogen-bond acceptors (Lipinski definition) is 6. The summed E-state index contributed by atoms with van der Waals surface area (Å²) in [7, 11) is 0. The quantitative estimate of drug-likeness (QED) is 0.908. The van der Waals surface area contributed by atoms with Crippen LogP contribution in [0.15, 0.2) is 16.8 Å². The number of nitriles is 1. The first kappa shape index (κ1) is 15.9. The maximum absolute atomic E-state index is 9.19. The van der Waals surface area contributed by atoms with Crippen molar-refractivity contribution in [3.63, 3.8) is 0 Å². The first-order chi connectivity index (χ1) is 8.54. The summed E-state index contributed by atoms with van der Waals surface area (Å²) in [6.07, 6.45) is 0. The molecule has 0 aliphatic rings. The normalized spacial score (nSPS) is 10.6. The molecule has 2 N–H and O–H groups in total. The molecule has 102 valence electrons. The van der Waals surface area contributed by atoms with Gasteiger partial charge in [-0.3, -0.25) is 0 Å². The molecule has 0 aromatic carbocycles. The summed E-state index contributed by atoms with van der Waals surface area (Å²) >= 11 is 2.91. The van der Waals surface area contributed by atoms with Gasteiger partial charge in [-0.15, -0.1) is 35.1 Å². The van der Waals surface area contributed by atoms with E-state index in [2.05, 4.69) is 16.4 Å². The van der Waals surface area contributed by atoms with Gasteiger partial charge in [0, 0.05) is 16.3 Å². The van der Waals surface area contributed by atoms with E-state index in [1.54, 1.807) is 0 Å². The standard InChI is InChI=1S/C12H13N3OS2.ClH/c1-12(2,7-16)15-11-14-10(6-18-11)8-3-9(4-13)17-5-8;/h3,5-6,16H,7H2,1-2H3,(H,14,15);1H. The van der Waals surface area contributed by atoms with Crippen LogP contribution in [0.4, 0.5) is 5.13 Å². The largest absolute Gasteiger partial charge is 0.394 e. The van der Waals surface area contributed by atoms with E-state index >= 15 is 0 Å². The van der Waals surface area contributed by atoms with Gasteiger partial charge < -0.3 is 10.4 Å². The van der Waals surface area contributed by atoms with Gasteiger partial charge in [-0.2, -0.15) is 5.26 Å². The Morgan fingerprint density at radius 2 is 2.16 bits per heavy atom. The third-order valence-electron chi connectivity index (χ3n) is 2.35. The topological polar surface area (TPSA) is 68.9 Å². The number of nitrogens with zero attached hydrogens (tertiary/aromatic N) is 2. The van der Waals surface area contributed by atoms with E-state index < -0.39 is 0 Å². The highest BCUT2D eigenvalue weighted by molar-refractivity contribution is 7.14. The van der Waals surface area contributed by atoms with Gasteiger partial charge in [0.25, 0.3) is 0 Å². The molecule has 0 radical (unpaired) electrons. The number of rotatable bonds is 4. The zero-order valence-corrected chi connectivity index (χ0v) is 13.0. The minimum absolute atomic E-state index is 0. The molecule has 0 saturated carbocycles. The molecular formula is C12H14ClN3OS2. The lowest BCUT2D eigenvalue weighted by molar-refractivity contribution is 0.234. The smallest absolute Gasteiger partial charge is 0.183 e. The number of nitrogens with one attached hydrogen (secondary N) is 1. The molecule has 0 fully saturated rings. The lowest BCUT2D eigenvalue weighted by Gasteiger charge is -2.22. The van der Waals surface area contributed by atoms with Crippen molar-refractivity contribution < 1.29 is 5.11 Å². The van der Waals surface area contributed by atoms with Crippen LogP contribution in [0.1, 0.15) is 18.7 Å². The van der Waals surface area contributed by atoms with Gasteiger partial charge in [0.05, 0.1) is 17.8 Å². The summed E-state index contributed by atoms with van der Waals surface area (Å²) in [5.41, 5.74) is 1.43. The molecule has 0 unspecified atom stereocenters. The molecule has 7 heteroatoms. The van der Waals surface area contributed by atoms with Crippen LogP contribution in [-0.4, -0.2) is 22.2 Å². The molecule has 2 rings (SSSR count). The van der Waals surface area contributed by atoms with Crippen LogP contribution in [0.5, 0.6) is 0 Å². The van der Waals surface area contributed by atoms with E-state index in [1.165, 1.54) is 22.7 Å². The zero-order valence-electron chi connectivity index (χ0n) is 10.5. The molecule has 2 heterocycles. The Morgan fingerprint density at radius 1 is 1.42 bits per heavy atom. The highest BCUT2D eigenvalue weighted by Gasteiger charge is 2.17. The number of thiophene rings is 1. The summed E-state index contributed by atoms with van der Waals surface area (Å²) < 4.78 is 0. The van der Waals surface area contributed by atoms with Crippen molar-refractivity contribution in [3.8, 4) is 17.3 Å². The molecule has 0 aliphatic carbocycles. The minimum Gasteiger partial charge on any atom is -0.394 e. The summed E-state index contributed by atoms with van der Waals surface area (Å²) in [5, 5.41) is 25.8. The molecule has 0 spiro atoms. The Balaban J connectivity index is 0.00000180. The van der Waals surface area contributed by atoms with Gasteiger partial charge in [-0.25, -0.2) is 4.98 Å². The second-order valence-corrected chi connectivity index (χ2v) is 6.29. The van der Waals surface area contributed by atoms with Crippen LogP contribution in [0.3, 0.4) is 0 Å². The van der Waals surface area contributed by atoms with E-state index in [4.69, 9.17) is 5.26 Å². The van der Waals surface area contributed by atoms with E-state index in [0.29, 0.717) is 4.88 Å². The molecule has 0 amide bonds. The van der Waals surface area contributed by atoms with Crippen molar-refractivity contribution in [1.29, 1.82) is 5.26 Å². The average Bonchev–Trinajstić information content (AvgIpc) is 2.96. The average molecular weight is 316 g/mol. The fourth-order valence-electron chi connectivity index (χ4n) is 1.32. The fourth-order valence-corrected chi connectivity index (χ4v) is 2.91. The number of aliphatic hydroxyl groups excluding tert-OH is 1. The maximum Gasteiger partial charge on any atom is 0.183 e. The highest BCUT2D eigenvalue weighted by atomic mass is 35.5. The third kappa shape index (κ3) is 3.91. The number of hydrogen-bond donors (Lipinski definition) is 2. The Bertz CT molecular complexity index is 586. The Hall–Kier alpha value is -1.13. The Labute approximate surface area is 126 Å². The Kier molecular flexibility index (Phi) is 5.32. The molecule has 0 bridgehead atoms. The summed E-state index contributed by atoms with van der Waals surface area (Å²) in [4.78, 5) is 5.14. The van der Waals surface area contributed by atoms with Gasteiger partial charge in [-0.1, -0.05) is 0 Å². The molecule has 19 heavy (non-hydrogen) atoms. The van der Waals surface area contributed by atoms with E-state index in [0.717, 1.165) is 16.4 Å². The Morgan fingerprint density at radius 3 is 2.74 bits per heavy atom. The predicted octanol–water partition coefficient (Wildman–Crippen LogP) is 3.35. The van der Waals surface area contributed by atoms with Crippen molar-refractivity contribution >= 4 is 40.2 Å². The van der Waals surface area contributed by atoms with Crippen molar-refractivity contribution in [2.45, 2.75) is 19.4 Å². The minimum atomic E-state index is -0.387. The summed E-state index contributed by atoms with van der Waals surface area (Å²) in [5.74, 6) is 0. The number of aliphatic hydroxyl groups is 1. The van der Waals surface area contributed by atoms with Gasteiger partial charge in [-0.05, 0) is 19.9 Å². The van der Waals surface area contributed by atoms with Crippen LogP contribution in [0.25, 0.3) is 11.3 Å². The van der Waals surface area contributed by atoms with Gasteiger partial charge in [0.1, 0.15) is 10.9 Å². The van der Waals surface area contributed by atoms with Crippen LogP contribution < -0.4 is 5.32 Å². The van der Waals surface area contributed by atoms with Crippen LogP contribution in [0.2, 0.25) is 0 Å². The molecule has 0 saturated heterocycles. The van der Waals surface area contributed by atoms with Gasteiger partial charge in [0.15, 0.2) is 5.13 Å². The fraction of sp³-hybridized carbons (Fsp3) is 0.333. The first-order valence-corrected chi connectivity index (χ1v) is 7.13. The molecular weight excluding hydrogens is 302 g/mol. The lowest BCUT2D eigenvalue weighted by atomic mass is 10.1. The molecule has 4 nitrogen and oxygen atoms in total. The monoisotopic (exact) mass is 315 g/mol. The van der Waals surface area contributed by atoms with Crippen molar-refractivity contribution in [2.24, 2.45) is 0 Å². The van der Waals surface area contributed by atoms with Gasteiger partial charge in [0.2, 0.25) is 0 Å². The SMILES string of the molecule is CC(C)(CO)Nc1nc(-c2csc(C#N)c2)cs1.Cl. The zero-order chi connectivity index (χ0) is 13.2. The number of thiazole rings is 1.